The van der Waals surface area contributed by atoms with Crippen LogP contribution >= 0.6 is 11.6 Å². The van der Waals surface area contributed by atoms with Crippen LogP contribution in [-0.2, 0) is 34.9 Å². The number of sulfonamides is 1. The number of aromatic carboxylic acids is 1. The van der Waals surface area contributed by atoms with Crippen LogP contribution in [0.5, 0.6) is 17.2 Å². The molecule has 2 fully saturated rings. The summed E-state index contributed by atoms with van der Waals surface area (Å²) in [6.07, 6.45) is 6.57. The SMILES string of the molecule is COc1ccc(CN(Cc2ccc(OC)cc2)S(=O)(=O)CCC[C@@H]2C[C@H]2C(O)[C@@H]2CC[C@H]2CN2C[C@@]3(CCCc4cc(Cl)ccc43)COc3ccc(C(=O)O)cc32)cc1. The Morgan fingerprint density at radius 2 is 1.63 bits per heavy atom. The van der Waals surface area contributed by atoms with Gasteiger partial charge in [-0.15, -0.1) is 0 Å². The van der Waals surface area contributed by atoms with Crippen molar-refractivity contribution in [2.24, 2.45) is 23.7 Å². The van der Waals surface area contributed by atoms with E-state index < -0.39 is 22.1 Å². The fraction of sp³-hybridized carbons (Fsp3) is 0.468. The number of halogens is 1. The molecule has 4 aromatic rings. The van der Waals surface area contributed by atoms with Gasteiger partial charge >= 0.3 is 5.97 Å². The summed E-state index contributed by atoms with van der Waals surface area (Å²) in [4.78, 5) is 14.5. The summed E-state index contributed by atoms with van der Waals surface area (Å²) in [5.74, 6) is 1.99. The van der Waals surface area contributed by atoms with Crippen LogP contribution < -0.4 is 19.1 Å². The highest BCUT2D eigenvalue weighted by molar-refractivity contribution is 7.89. The Morgan fingerprint density at radius 1 is 0.932 bits per heavy atom. The van der Waals surface area contributed by atoms with E-state index in [1.165, 1.54) is 11.1 Å². The Morgan fingerprint density at radius 3 is 2.25 bits per heavy atom. The summed E-state index contributed by atoms with van der Waals surface area (Å²) in [6.45, 7) is 2.37. The van der Waals surface area contributed by atoms with Gasteiger partial charge in [-0.25, -0.2) is 13.2 Å². The summed E-state index contributed by atoms with van der Waals surface area (Å²) >= 11 is 6.44. The molecular weight excluding hydrogens is 788 g/mol. The minimum atomic E-state index is -3.61. The number of anilines is 1. The number of benzene rings is 4. The number of carbonyl (C=O) groups is 1. The fourth-order valence-electron chi connectivity index (χ4n) is 9.92. The second-order valence-electron chi connectivity index (χ2n) is 17.2. The number of rotatable bonds is 16. The van der Waals surface area contributed by atoms with Crippen molar-refractivity contribution in [1.82, 2.24) is 4.31 Å². The lowest BCUT2D eigenvalue weighted by Gasteiger charge is -2.46. The van der Waals surface area contributed by atoms with Gasteiger partial charge < -0.3 is 29.3 Å². The standard InChI is InChI=1S/C47H55ClN2O8S/c1-56-38-14-7-31(8-15-38)26-50(27-32-9-16-39(57-2)17-10-32)59(54,55)22-4-6-33-24-41(33)45(51)40-18-11-36(40)28-49-29-47(21-3-5-34-23-37(48)13-19-42(34)47)30-58-44-20-12-35(46(52)53)25-43(44)49/h7-10,12-17,19-20,23,25,33,36,40-41,45,51H,3-6,11,18,21-22,24,26-30H2,1-2H3,(H,52,53)/t33-,36+,40-,41-,45?,47+/m1/s1. The van der Waals surface area contributed by atoms with Gasteiger partial charge in [0, 0.05) is 36.6 Å². The molecule has 8 rings (SSSR count). The van der Waals surface area contributed by atoms with E-state index in [-0.39, 0.29) is 53.5 Å². The zero-order valence-electron chi connectivity index (χ0n) is 33.9. The normalized spacial score (nSPS) is 24.0. The molecule has 1 heterocycles. The molecule has 1 aliphatic heterocycles. The van der Waals surface area contributed by atoms with Gasteiger partial charge in [0.1, 0.15) is 17.2 Å². The number of aryl methyl sites for hydroxylation is 1. The van der Waals surface area contributed by atoms with Crippen molar-refractivity contribution in [1.29, 1.82) is 0 Å². The molecule has 0 aromatic heterocycles. The van der Waals surface area contributed by atoms with Gasteiger partial charge in [0.15, 0.2) is 0 Å². The lowest BCUT2D eigenvalue weighted by Crippen LogP contribution is -2.50. The zero-order chi connectivity index (χ0) is 41.3. The Kier molecular flexibility index (Phi) is 12.2. The molecule has 4 aliphatic rings. The number of methoxy groups -OCH3 is 2. The number of carboxylic acids is 1. The van der Waals surface area contributed by atoms with Crippen molar-refractivity contribution in [3.63, 3.8) is 0 Å². The maximum absolute atomic E-state index is 13.9. The molecule has 0 saturated heterocycles. The predicted octanol–water partition coefficient (Wildman–Crippen LogP) is 8.36. The Balaban J connectivity index is 0.917. The number of aliphatic hydroxyl groups is 1. The van der Waals surface area contributed by atoms with E-state index in [9.17, 15) is 23.4 Å². The first-order valence-corrected chi connectivity index (χ1v) is 22.9. The van der Waals surface area contributed by atoms with E-state index >= 15 is 0 Å². The predicted molar refractivity (Wildman–Crippen MR) is 229 cm³/mol. The second kappa shape index (κ2) is 17.4. The Bertz CT molecular complexity index is 2190. The monoisotopic (exact) mass is 842 g/mol. The highest BCUT2D eigenvalue weighted by atomic mass is 35.5. The summed E-state index contributed by atoms with van der Waals surface area (Å²) < 4.78 is 46.6. The van der Waals surface area contributed by atoms with Gasteiger partial charge in [-0.1, -0.05) is 41.9 Å². The number of carboxylic acid groups (broad SMARTS) is 1. The summed E-state index contributed by atoms with van der Waals surface area (Å²) in [6, 6.07) is 26.3. The van der Waals surface area contributed by atoms with E-state index in [0.29, 0.717) is 43.4 Å². The second-order valence-corrected chi connectivity index (χ2v) is 19.7. The average Bonchev–Trinajstić information content (AvgIpc) is 4.02. The van der Waals surface area contributed by atoms with Crippen LogP contribution in [0.3, 0.4) is 0 Å². The quantitative estimate of drug-likeness (QED) is 0.115. The number of fused-ring (bicyclic) bond motifs is 3. The molecule has 3 aliphatic carbocycles. The lowest BCUT2D eigenvalue weighted by atomic mass is 9.68. The van der Waals surface area contributed by atoms with Crippen molar-refractivity contribution in [2.45, 2.75) is 76.0 Å². The molecule has 314 valence electrons. The average molecular weight is 843 g/mol. The molecule has 0 bridgehead atoms. The number of hydrogen-bond acceptors (Lipinski definition) is 8. The topological polar surface area (TPSA) is 126 Å². The third-order valence-corrected chi connectivity index (χ3v) is 15.6. The van der Waals surface area contributed by atoms with Crippen molar-refractivity contribution in [3.05, 3.63) is 118 Å². The van der Waals surface area contributed by atoms with Gasteiger partial charge in [-0.2, -0.15) is 4.31 Å². The third kappa shape index (κ3) is 9.09. The first-order valence-electron chi connectivity index (χ1n) is 20.9. The van der Waals surface area contributed by atoms with E-state index in [1.807, 2.05) is 54.6 Å². The summed E-state index contributed by atoms with van der Waals surface area (Å²) in [5, 5.41) is 22.5. The molecule has 12 heteroatoms. The molecular formula is C47H55ClN2O8S. The minimum absolute atomic E-state index is 0.0382. The van der Waals surface area contributed by atoms with Gasteiger partial charge in [0.05, 0.1) is 43.9 Å². The van der Waals surface area contributed by atoms with E-state index in [2.05, 4.69) is 17.0 Å². The molecule has 2 N–H and O–H groups in total. The minimum Gasteiger partial charge on any atom is -0.497 e. The van der Waals surface area contributed by atoms with Crippen LogP contribution in [0.1, 0.15) is 77.6 Å². The first-order chi connectivity index (χ1) is 28.4. The largest absolute Gasteiger partial charge is 0.497 e. The molecule has 0 amide bonds. The molecule has 2 saturated carbocycles. The summed E-state index contributed by atoms with van der Waals surface area (Å²) in [7, 11) is -0.394. The van der Waals surface area contributed by atoms with Gasteiger partial charge in [0.25, 0.3) is 0 Å². The van der Waals surface area contributed by atoms with Gasteiger partial charge in [-0.3, -0.25) is 0 Å². The maximum atomic E-state index is 13.9. The first kappa shape index (κ1) is 41.4. The van der Waals surface area contributed by atoms with Crippen molar-refractivity contribution >= 4 is 33.3 Å². The third-order valence-electron chi connectivity index (χ3n) is 13.5. The highest BCUT2D eigenvalue weighted by Gasteiger charge is 2.50. The fourth-order valence-corrected chi connectivity index (χ4v) is 11.6. The smallest absolute Gasteiger partial charge is 0.335 e. The molecule has 6 atom stereocenters. The van der Waals surface area contributed by atoms with Crippen LogP contribution in [-0.4, -0.2) is 74.7 Å². The number of ether oxygens (including phenoxy) is 3. The number of nitrogens with zero attached hydrogens (tertiary/aromatic N) is 2. The summed E-state index contributed by atoms with van der Waals surface area (Å²) in [5.41, 5.74) is 5.00. The molecule has 1 unspecified atom stereocenters. The number of aliphatic hydroxyl groups excluding tert-OH is 1. The Hall–Kier alpha value is -4.29. The van der Waals surface area contributed by atoms with E-state index in [4.69, 9.17) is 25.8 Å². The molecule has 0 radical (unpaired) electrons. The molecule has 4 aromatic carbocycles. The van der Waals surface area contributed by atoms with Crippen LogP contribution in [0.4, 0.5) is 5.69 Å². The van der Waals surface area contributed by atoms with Gasteiger partial charge in [-0.05, 0) is 152 Å². The van der Waals surface area contributed by atoms with Crippen molar-refractivity contribution in [3.8, 4) is 17.2 Å². The lowest BCUT2D eigenvalue weighted by molar-refractivity contribution is -0.00181. The Labute approximate surface area is 353 Å². The van der Waals surface area contributed by atoms with E-state index in [1.54, 1.807) is 36.7 Å². The highest BCUT2D eigenvalue weighted by Crippen LogP contribution is 2.52. The molecule has 1 spiro atoms. The van der Waals surface area contributed by atoms with Crippen molar-refractivity contribution in [2.75, 3.05) is 44.6 Å². The molecule has 10 nitrogen and oxygen atoms in total. The van der Waals surface area contributed by atoms with Crippen LogP contribution in [0, 0.1) is 23.7 Å². The van der Waals surface area contributed by atoms with Crippen LogP contribution in [0.25, 0.3) is 0 Å². The van der Waals surface area contributed by atoms with Crippen LogP contribution in [0.15, 0.2) is 84.9 Å². The van der Waals surface area contributed by atoms with Crippen LogP contribution in [0.2, 0.25) is 5.02 Å². The molecule has 59 heavy (non-hydrogen) atoms. The maximum Gasteiger partial charge on any atom is 0.335 e. The van der Waals surface area contributed by atoms with Gasteiger partial charge in [0.2, 0.25) is 10.0 Å². The number of hydrogen-bond donors (Lipinski definition) is 2. The van der Waals surface area contributed by atoms with Crippen molar-refractivity contribution < 1.29 is 37.6 Å². The zero-order valence-corrected chi connectivity index (χ0v) is 35.5. The van der Waals surface area contributed by atoms with E-state index in [0.717, 1.165) is 66.8 Å².